The van der Waals surface area contributed by atoms with E-state index in [0.717, 1.165) is 6.42 Å². The number of unbranched alkanes of at least 4 members (excludes halogenated alkanes) is 4. The van der Waals surface area contributed by atoms with Gasteiger partial charge in [0.2, 0.25) is 0 Å². The van der Waals surface area contributed by atoms with E-state index in [1.807, 2.05) is 6.08 Å². The van der Waals surface area contributed by atoms with E-state index in [9.17, 15) is 4.79 Å². The Morgan fingerprint density at radius 1 is 1.27 bits per heavy atom. The van der Waals surface area contributed by atoms with Crippen LogP contribution in [0.3, 0.4) is 0 Å². The molecule has 0 spiro atoms. The van der Waals surface area contributed by atoms with Crippen molar-refractivity contribution in [3.8, 4) is 0 Å². The summed E-state index contributed by atoms with van der Waals surface area (Å²) in [6.45, 7) is 5.85. The highest BCUT2D eigenvalue weighted by atomic mass is 16.5. The van der Waals surface area contributed by atoms with Gasteiger partial charge in [0.25, 0.3) is 0 Å². The predicted octanol–water partition coefficient (Wildman–Crippen LogP) is 3.63. The molecule has 0 aromatic carbocycles. The summed E-state index contributed by atoms with van der Waals surface area (Å²) in [6, 6.07) is 0. The topological polar surface area (TPSA) is 26.3 Å². The normalized spacial score (nSPS) is 10.5. The predicted molar refractivity (Wildman–Crippen MR) is 63.7 cm³/mol. The van der Waals surface area contributed by atoms with Crippen molar-refractivity contribution >= 4 is 5.97 Å². The zero-order valence-corrected chi connectivity index (χ0v) is 9.92. The van der Waals surface area contributed by atoms with E-state index in [0.29, 0.717) is 12.0 Å². The van der Waals surface area contributed by atoms with E-state index in [2.05, 4.69) is 24.3 Å². The molecule has 86 valence electrons. The standard InChI is InChI=1S/C13H22O2/c1-4-5-6-7-8-9-10-11-12(2)13(14)15-3/h9-10H,2,4-8,11H2,1,3H3. The largest absolute Gasteiger partial charge is 0.466 e. The summed E-state index contributed by atoms with van der Waals surface area (Å²) >= 11 is 0. The highest BCUT2D eigenvalue weighted by molar-refractivity contribution is 5.87. The second-order valence-electron chi connectivity index (χ2n) is 3.62. The van der Waals surface area contributed by atoms with Crippen molar-refractivity contribution in [3.05, 3.63) is 24.3 Å². The molecule has 0 aliphatic heterocycles. The minimum Gasteiger partial charge on any atom is -0.466 e. The molecule has 15 heavy (non-hydrogen) atoms. The number of esters is 1. The number of methoxy groups -OCH3 is 1. The van der Waals surface area contributed by atoms with Crippen LogP contribution in [0.25, 0.3) is 0 Å². The lowest BCUT2D eigenvalue weighted by atomic mass is 10.1. The minimum atomic E-state index is -0.314. The summed E-state index contributed by atoms with van der Waals surface area (Å²) in [4.78, 5) is 11.0. The maximum atomic E-state index is 11.0. The molecule has 0 saturated carbocycles. The van der Waals surface area contributed by atoms with Gasteiger partial charge in [-0.1, -0.05) is 44.9 Å². The van der Waals surface area contributed by atoms with Gasteiger partial charge in [-0.15, -0.1) is 0 Å². The van der Waals surface area contributed by atoms with Crippen LogP contribution >= 0.6 is 0 Å². The van der Waals surface area contributed by atoms with Crippen molar-refractivity contribution in [1.82, 2.24) is 0 Å². The highest BCUT2D eigenvalue weighted by Crippen LogP contribution is 2.05. The van der Waals surface area contributed by atoms with Crippen LogP contribution in [0.4, 0.5) is 0 Å². The summed E-state index contributed by atoms with van der Waals surface area (Å²) in [7, 11) is 1.38. The molecule has 0 amide bonds. The molecule has 0 rings (SSSR count). The van der Waals surface area contributed by atoms with Crippen LogP contribution in [0.15, 0.2) is 24.3 Å². The van der Waals surface area contributed by atoms with Crippen LogP contribution in [-0.4, -0.2) is 13.1 Å². The molecule has 0 aromatic rings. The van der Waals surface area contributed by atoms with Crippen LogP contribution in [-0.2, 0) is 9.53 Å². The Hall–Kier alpha value is -1.05. The van der Waals surface area contributed by atoms with E-state index < -0.39 is 0 Å². The lowest BCUT2D eigenvalue weighted by Gasteiger charge is -1.98. The quantitative estimate of drug-likeness (QED) is 0.265. The van der Waals surface area contributed by atoms with Gasteiger partial charge in [0.15, 0.2) is 0 Å². The number of hydrogen-bond donors (Lipinski definition) is 0. The van der Waals surface area contributed by atoms with Gasteiger partial charge in [-0.2, -0.15) is 0 Å². The number of rotatable bonds is 8. The van der Waals surface area contributed by atoms with Gasteiger partial charge >= 0.3 is 5.97 Å². The van der Waals surface area contributed by atoms with Crippen LogP contribution in [0.5, 0.6) is 0 Å². The summed E-state index contributed by atoms with van der Waals surface area (Å²) in [5, 5.41) is 0. The molecule has 0 aliphatic carbocycles. The maximum absolute atomic E-state index is 11.0. The molecular weight excluding hydrogens is 188 g/mol. The Morgan fingerprint density at radius 3 is 2.60 bits per heavy atom. The Bertz CT molecular complexity index is 217. The molecule has 0 bridgehead atoms. The average molecular weight is 210 g/mol. The molecule has 2 heteroatoms. The summed E-state index contributed by atoms with van der Waals surface area (Å²) in [5.41, 5.74) is 0.516. The lowest BCUT2D eigenvalue weighted by molar-refractivity contribution is -0.136. The maximum Gasteiger partial charge on any atom is 0.333 e. The van der Waals surface area contributed by atoms with E-state index >= 15 is 0 Å². The molecule has 0 aromatic heterocycles. The van der Waals surface area contributed by atoms with Crippen molar-refractivity contribution in [2.24, 2.45) is 0 Å². The fourth-order valence-corrected chi connectivity index (χ4v) is 1.26. The van der Waals surface area contributed by atoms with Crippen molar-refractivity contribution < 1.29 is 9.53 Å². The van der Waals surface area contributed by atoms with Crippen molar-refractivity contribution in [3.63, 3.8) is 0 Å². The van der Waals surface area contributed by atoms with Crippen LogP contribution in [0, 0.1) is 0 Å². The van der Waals surface area contributed by atoms with Gasteiger partial charge in [-0.3, -0.25) is 0 Å². The first-order valence-electron chi connectivity index (χ1n) is 5.63. The first-order chi connectivity index (χ1) is 7.22. The van der Waals surface area contributed by atoms with Gasteiger partial charge in [0.05, 0.1) is 7.11 Å². The first-order valence-corrected chi connectivity index (χ1v) is 5.63. The Morgan fingerprint density at radius 2 is 2.00 bits per heavy atom. The lowest BCUT2D eigenvalue weighted by Crippen LogP contribution is -2.02. The molecular formula is C13H22O2. The number of carbonyl (C=O) groups excluding carboxylic acids is 1. The van der Waals surface area contributed by atoms with Gasteiger partial charge in [0, 0.05) is 5.57 Å². The zero-order valence-electron chi connectivity index (χ0n) is 9.92. The second-order valence-corrected chi connectivity index (χ2v) is 3.62. The Kier molecular flexibility index (Phi) is 8.84. The van der Waals surface area contributed by atoms with E-state index in [-0.39, 0.29) is 5.97 Å². The second kappa shape index (κ2) is 9.50. The first kappa shape index (κ1) is 13.9. The molecule has 0 N–H and O–H groups in total. The van der Waals surface area contributed by atoms with Gasteiger partial charge in [-0.05, 0) is 19.3 Å². The molecule has 0 heterocycles. The third kappa shape index (κ3) is 7.98. The summed E-state index contributed by atoms with van der Waals surface area (Å²) in [5.74, 6) is -0.314. The fraction of sp³-hybridized carbons (Fsp3) is 0.615. The number of carbonyl (C=O) groups is 1. The van der Waals surface area contributed by atoms with Crippen molar-refractivity contribution in [1.29, 1.82) is 0 Å². The molecule has 0 unspecified atom stereocenters. The molecule has 0 radical (unpaired) electrons. The van der Waals surface area contributed by atoms with Crippen molar-refractivity contribution in [2.45, 2.75) is 45.4 Å². The van der Waals surface area contributed by atoms with Crippen molar-refractivity contribution in [2.75, 3.05) is 7.11 Å². The zero-order chi connectivity index (χ0) is 11.5. The number of ether oxygens (including phenoxy) is 1. The smallest absolute Gasteiger partial charge is 0.333 e. The Balaban J connectivity index is 3.46. The van der Waals surface area contributed by atoms with E-state index in [4.69, 9.17) is 0 Å². The Labute approximate surface area is 93.0 Å². The van der Waals surface area contributed by atoms with E-state index in [1.165, 1.54) is 32.8 Å². The summed E-state index contributed by atoms with van der Waals surface area (Å²) in [6.07, 6.45) is 10.9. The van der Waals surface area contributed by atoms with Gasteiger partial charge in [0.1, 0.15) is 0 Å². The average Bonchev–Trinajstić information content (AvgIpc) is 2.26. The summed E-state index contributed by atoms with van der Waals surface area (Å²) < 4.78 is 4.55. The molecule has 2 nitrogen and oxygen atoms in total. The van der Waals surface area contributed by atoms with Crippen LogP contribution in [0.2, 0.25) is 0 Å². The molecule has 0 saturated heterocycles. The monoisotopic (exact) mass is 210 g/mol. The third-order valence-corrected chi connectivity index (χ3v) is 2.23. The fourth-order valence-electron chi connectivity index (χ4n) is 1.26. The highest BCUT2D eigenvalue weighted by Gasteiger charge is 2.02. The molecule has 0 aliphatic rings. The third-order valence-electron chi connectivity index (χ3n) is 2.23. The molecule has 0 fully saturated rings. The van der Waals surface area contributed by atoms with Crippen LogP contribution < -0.4 is 0 Å². The van der Waals surface area contributed by atoms with Gasteiger partial charge in [-0.25, -0.2) is 4.79 Å². The minimum absolute atomic E-state index is 0.314. The number of hydrogen-bond acceptors (Lipinski definition) is 2. The number of allylic oxidation sites excluding steroid dienone is 2. The van der Waals surface area contributed by atoms with Crippen LogP contribution in [0.1, 0.15) is 45.4 Å². The van der Waals surface area contributed by atoms with E-state index in [1.54, 1.807) is 0 Å². The molecule has 0 atom stereocenters. The van der Waals surface area contributed by atoms with Gasteiger partial charge < -0.3 is 4.74 Å². The SMILES string of the molecule is C=C(CC=CCCCCCC)C(=O)OC.